The maximum atomic E-state index is 13.0. The molecule has 184 valence electrons. The summed E-state index contributed by atoms with van der Waals surface area (Å²) < 4.78 is 23.7. The molecule has 0 bridgehead atoms. The van der Waals surface area contributed by atoms with Gasteiger partial charge in [0, 0.05) is 30.3 Å². The number of carbonyl (C=O) groups excluding carboxylic acids is 2. The highest BCUT2D eigenvalue weighted by molar-refractivity contribution is 7.90. The van der Waals surface area contributed by atoms with Gasteiger partial charge in [-0.25, -0.2) is 13.4 Å². The molecule has 4 heterocycles. The highest BCUT2D eigenvalue weighted by Gasteiger charge is 2.47. The number of likely N-dealkylation sites (tertiary alicyclic amines) is 1. The maximum absolute atomic E-state index is 13.0. The lowest BCUT2D eigenvalue weighted by molar-refractivity contribution is 0.00857. The second-order valence-electron chi connectivity index (χ2n) is 10.0. The molecule has 1 saturated carbocycles. The summed E-state index contributed by atoms with van der Waals surface area (Å²) in [5, 5.41) is 19.0. The Bertz CT molecular complexity index is 1440. The van der Waals surface area contributed by atoms with Gasteiger partial charge in [-0.3, -0.25) is 14.7 Å². The molecular weight excluding hydrogens is 472 g/mol. The van der Waals surface area contributed by atoms with Crippen LogP contribution in [-0.4, -0.2) is 69.5 Å². The summed E-state index contributed by atoms with van der Waals surface area (Å²) in [6, 6.07) is 5.36. The number of hydrogen-bond donors (Lipinski definition) is 4. The van der Waals surface area contributed by atoms with Gasteiger partial charge in [0.05, 0.1) is 28.2 Å². The standard InChI is InChI=1S/C23H26N6O5S/c30-10-19-25-16-2-1-13(7-17(16)26-19)22(32)29-5-3-23(4-6-29)8-14(9-23)24-21(31)20-15-11-35(33,34)12-18(15)27-28-20/h1-2,7,14,30H,3-6,8-12H2,(H,24,31)(H,25,26)(H,27,28). The van der Waals surface area contributed by atoms with E-state index in [0.717, 1.165) is 31.2 Å². The first-order valence-corrected chi connectivity index (χ1v) is 13.5. The molecular formula is C23H26N6O5S. The van der Waals surface area contributed by atoms with Gasteiger partial charge in [-0.1, -0.05) is 0 Å². The van der Waals surface area contributed by atoms with E-state index >= 15 is 0 Å². The summed E-state index contributed by atoms with van der Waals surface area (Å²) in [4.78, 5) is 34.9. The number of hydrogen-bond acceptors (Lipinski definition) is 7. The average Bonchev–Trinajstić information content (AvgIpc) is 3.48. The number of benzene rings is 1. The number of fused-ring (bicyclic) bond motifs is 2. The predicted molar refractivity (Wildman–Crippen MR) is 125 cm³/mol. The number of piperidine rings is 1. The quantitative estimate of drug-likeness (QED) is 0.417. The molecule has 3 aliphatic rings. The third kappa shape index (κ3) is 3.90. The molecule has 0 atom stereocenters. The molecule has 0 radical (unpaired) electrons. The third-order valence-electron chi connectivity index (χ3n) is 7.63. The van der Waals surface area contributed by atoms with Crippen molar-refractivity contribution in [1.29, 1.82) is 0 Å². The number of imidazole rings is 1. The molecule has 11 nitrogen and oxygen atoms in total. The van der Waals surface area contributed by atoms with Crippen LogP contribution in [-0.2, 0) is 27.9 Å². The molecule has 2 fully saturated rings. The van der Waals surface area contributed by atoms with Crippen molar-refractivity contribution in [1.82, 2.24) is 30.4 Å². The van der Waals surface area contributed by atoms with Crippen LogP contribution < -0.4 is 5.32 Å². The second-order valence-corrected chi connectivity index (χ2v) is 12.1. The molecule has 1 spiro atoms. The topological polar surface area (TPSA) is 161 Å². The lowest BCUT2D eigenvalue weighted by Crippen LogP contribution is -2.55. The van der Waals surface area contributed by atoms with E-state index in [1.165, 1.54) is 0 Å². The van der Waals surface area contributed by atoms with E-state index in [0.29, 0.717) is 41.3 Å². The van der Waals surface area contributed by atoms with E-state index in [9.17, 15) is 23.1 Å². The molecule has 1 aromatic carbocycles. The van der Waals surface area contributed by atoms with Gasteiger partial charge < -0.3 is 20.3 Å². The summed E-state index contributed by atoms with van der Waals surface area (Å²) in [5.41, 5.74) is 3.34. The highest BCUT2D eigenvalue weighted by Crippen LogP contribution is 2.49. The summed E-state index contributed by atoms with van der Waals surface area (Å²) in [5.74, 6) is -0.114. The van der Waals surface area contributed by atoms with Crippen LogP contribution in [0.2, 0.25) is 0 Å². The average molecular weight is 499 g/mol. The van der Waals surface area contributed by atoms with Crippen molar-refractivity contribution in [3.05, 3.63) is 46.5 Å². The molecule has 6 rings (SSSR count). The molecule has 1 aliphatic carbocycles. The summed E-state index contributed by atoms with van der Waals surface area (Å²) in [7, 11) is -3.20. The Morgan fingerprint density at radius 2 is 1.97 bits per heavy atom. The monoisotopic (exact) mass is 498 g/mol. The third-order valence-corrected chi connectivity index (χ3v) is 9.09. The van der Waals surface area contributed by atoms with E-state index in [4.69, 9.17) is 0 Å². The number of nitrogens with one attached hydrogen (secondary N) is 3. The zero-order valence-corrected chi connectivity index (χ0v) is 19.8. The van der Waals surface area contributed by atoms with Crippen LogP contribution >= 0.6 is 0 Å². The van der Waals surface area contributed by atoms with Crippen LogP contribution in [0.25, 0.3) is 11.0 Å². The lowest BCUT2D eigenvalue weighted by Gasteiger charge is -2.52. The fraction of sp³-hybridized carbons (Fsp3) is 0.478. The minimum Gasteiger partial charge on any atom is -0.388 e. The molecule has 2 aromatic heterocycles. The molecule has 1 saturated heterocycles. The van der Waals surface area contributed by atoms with Crippen molar-refractivity contribution < 1.29 is 23.1 Å². The Morgan fingerprint density at radius 3 is 2.71 bits per heavy atom. The smallest absolute Gasteiger partial charge is 0.272 e. The molecule has 0 unspecified atom stereocenters. The Labute approximate surface area is 201 Å². The Balaban J connectivity index is 1.04. The molecule has 4 N–H and O–H groups in total. The van der Waals surface area contributed by atoms with Crippen LogP contribution in [0.4, 0.5) is 0 Å². The first kappa shape index (κ1) is 22.2. The number of rotatable bonds is 4. The fourth-order valence-corrected chi connectivity index (χ4v) is 7.27. The maximum Gasteiger partial charge on any atom is 0.272 e. The number of nitrogens with zero attached hydrogens (tertiary/aromatic N) is 3. The Hall–Kier alpha value is -3.25. The Morgan fingerprint density at radius 1 is 1.20 bits per heavy atom. The molecule has 35 heavy (non-hydrogen) atoms. The first-order valence-electron chi connectivity index (χ1n) is 11.7. The number of H-pyrrole nitrogens is 2. The number of aromatic nitrogens is 4. The van der Waals surface area contributed by atoms with Crippen molar-refractivity contribution in [3.63, 3.8) is 0 Å². The van der Waals surface area contributed by atoms with Gasteiger partial charge in [-0.15, -0.1) is 0 Å². The van der Waals surface area contributed by atoms with Crippen molar-refractivity contribution in [3.8, 4) is 0 Å². The van der Waals surface area contributed by atoms with E-state index in [1.807, 2.05) is 4.90 Å². The summed E-state index contributed by atoms with van der Waals surface area (Å²) in [6.45, 7) is 1.14. The van der Waals surface area contributed by atoms with E-state index in [-0.39, 0.29) is 47.1 Å². The van der Waals surface area contributed by atoms with Crippen LogP contribution in [0, 0.1) is 5.41 Å². The van der Waals surface area contributed by atoms with E-state index in [1.54, 1.807) is 18.2 Å². The molecule has 2 amide bonds. The number of aliphatic hydroxyl groups is 1. The number of aromatic amines is 2. The van der Waals surface area contributed by atoms with Crippen molar-refractivity contribution in [2.75, 3.05) is 13.1 Å². The minimum absolute atomic E-state index is 0.0200. The summed E-state index contributed by atoms with van der Waals surface area (Å²) in [6.07, 6.45) is 3.44. The van der Waals surface area contributed by atoms with Crippen molar-refractivity contribution >= 4 is 32.7 Å². The first-order chi connectivity index (χ1) is 16.7. The van der Waals surface area contributed by atoms with Crippen molar-refractivity contribution in [2.45, 2.75) is 49.8 Å². The van der Waals surface area contributed by atoms with Crippen LogP contribution in [0.3, 0.4) is 0 Å². The van der Waals surface area contributed by atoms with Crippen LogP contribution in [0.5, 0.6) is 0 Å². The van der Waals surface area contributed by atoms with E-state index in [2.05, 4.69) is 25.5 Å². The summed E-state index contributed by atoms with van der Waals surface area (Å²) >= 11 is 0. The zero-order chi connectivity index (χ0) is 24.4. The van der Waals surface area contributed by atoms with Crippen LogP contribution in [0.1, 0.15) is 63.6 Å². The van der Waals surface area contributed by atoms with Gasteiger partial charge in [0.15, 0.2) is 15.5 Å². The largest absolute Gasteiger partial charge is 0.388 e. The molecule has 12 heteroatoms. The SMILES string of the molecule is O=C(NC1CC2(CCN(C(=O)c3ccc4nc(CO)[nH]c4c3)CC2)C1)c1n[nH]c2c1CS(=O)(=O)C2. The zero-order valence-electron chi connectivity index (χ0n) is 19.0. The van der Waals surface area contributed by atoms with Gasteiger partial charge in [0.1, 0.15) is 12.4 Å². The van der Waals surface area contributed by atoms with Gasteiger partial charge in [0.2, 0.25) is 0 Å². The van der Waals surface area contributed by atoms with Gasteiger partial charge in [-0.05, 0) is 49.3 Å². The Kier molecular flexibility index (Phi) is 5.01. The lowest BCUT2D eigenvalue weighted by atomic mass is 9.60. The molecule has 3 aromatic rings. The van der Waals surface area contributed by atoms with Crippen molar-refractivity contribution in [2.24, 2.45) is 5.41 Å². The van der Waals surface area contributed by atoms with Gasteiger partial charge in [0.25, 0.3) is 11.8 Å². The number of carbonyl (C=O) groups is 2. The van der Waals surface area contributed by atoms with Gasteiger partial charge in [-0.2, -0.15) is 5.10 Å². The number of amides is 2. The minimum atomic E-state index is -3.20. The van der Waals surface area contributed by atoms with Gasteiger partial charge >= 0.3 is 0 Å². The number of sulfone groups is 1. The predicted octanol–water partition coefficient (Wildman–Crippen LogP) is 1.02. The highest BCUT2D eigenvalue weighted by atomic mass is 32.2. The van der Waals surface area contributed by atoms with E-state index < -0.39 is 9.84 Å². The number of aliphatic hydroxyl groups excluding tert-OH is 1. The normalized spacial score (nSPS) is 20.7. The van der Waals surface area contributed by atoms with Crippen LogP contribution in [0.15, 0.2) is 18.2 Å². The second kappa shape index (κ2) is 7.89. The fourth-order valence-electron chi connectivity index (χ4n) is 5.74. The molecule has 2 aliphatic heterocycles.